The molecule has 1 aromatic carbocycles. The Kier molecular flexibility index (Phi) is 9.94. The molecule has 9 heteroatoms. The lowest BCUT2D eigenvalue weighted by Gasteiger charge is -2.36. The van der Waals surface area contributed by atoms with Crippen LogP contribution in [0, 0.1) is 5.92 Å². The highest BCUT2D eigenvalue weighted by Crippen LogP contribution is 2.32. The first-order valence-electron chi connectivity index (χ1n) is 13.3. The van der Waals surface area contributed by atoms with Crippen molar-refractivity contribution < 1.29 is 9.53 Å². The number of piperazine rings is 1. The first-order valence-corrected chi connectivity index (χ1v) is 14.1. The normalized spacial score (nSPS) is 17.6. The monoisotopic (exact) mass is 518 g/mol. The fourth-order valence-corrected chi connectivity index (χ4v) is 5.60. The Morgan fingerprint density at radius 2 is 1.72 bits per heavy atom. The lowest BCUT2D eigenvalue weighted by molar-refractivity contribution is 0.0611. The minimum absolute atomic E-state index is 0.0192. The van der Waals surface area contributed by atoms with Crippen LogP contribution in [0.25, 0.3) is 11.0 Å². The van der Waals surface area contributed by atoms with Gasteiger partial charge in [-0.15, -0.1) is 0 Å². The molecule has 8 nitrogen and oxygen atoms in total. The number of benzene rings is 1. The first-order chi connectivity index (χ1) is 17.1. The highest BCUT2D eigenvalue weighted by atomic mass is 32.2. The van der Waals surface area contributed by atoms with Crippen molar-refractivity contribution >= 4 is 34.9 Å². The van der Waals surface area contributed by atoms with Gasteiger partial charge in [0.1, 0.15) is 5.82 Å². The topological polar surface area (TPSA) is 57.1 Å². The van der Waals surface area contributed by atoms with Crippen LogP contribution in [0.2, 0.25) is 0 Å². The number of imidazole rings is 1. The molecule has 2 aliphatic heterocycles. The number of rotatable bonds is 5. The molecule has 36 heavy (non-hydrogen) atoms. The molecule has 202 valence electrons. The molecule has 2 saturated heterocycles. The second-order valence-corrected chi connectivity index (χ2v) is 11.9. The average Bonchev–Trinajstić information content (AvgIpc) is 3.24. The van der Waals surface area contributed by atoms with Crippen molar-refractivity contribution in [2.75, 3.05) is 64.8 Å². The summed E-state index contributed by atoms with van der Waals surface area (Å²) in [7, 11) is 5.72. The maximum atomic E-state index is 12.2. The van der Waals surface area contributed by atoms with Crippen molar-refractivity contribution in [3.8, 4) is 0 Å². The van der Waals surface area contributed by atoms with Crippen LogP contribution in [-0.4, -0.2) is 90.2 Å². The van der Waals surface area contributed by atoms with E-state index < -0.39 is 0 Å². The smallest absolute Gasteiger partial charge is 0.319 e. The quantitative estimate of drug-likeness (QED) is 0.514. The van der Waals surface area contributed by atoms with E-state index in [-0.39, 0.29) is 11.4 Å². The maximum absolute atomic E-state index is 12.2. The average molecular weight is 519 g/mol. The second-order valence-electron chi connectivity index (χ2n) is 10.7. The zero-order valence-electron chi connectivity index (χ0n) is 23.6. The molecule has 0 radical (unpaired) electrons. The molecule has 0 atom stereocenters. The molecule has 0 aliphatic carbocycles. The molecule has 2 fully saturated rings. The first kappa shape index (κ1) is 28.6. The Hall–Kier alpha value is -1.97. The van der Waals surface area contributed by atoms with Crippen molar-refractivity contribution in [1.29, 1.82) is 0 Å². The van der Waals surface area contributed by atoms with E-state index in [1.807, 2.05) is 32.8 Å². The molecular formula is C27H46N6O2S. The van der Waals surface area contributed by atoms with Gasteiger partial charge >= 0.3 is 6.03 Å². The largest absolute Gasteiger partial charge is 0.381 e. The summed E-state index contributed by atoms with van der Waals surface area (Å²) in [6.07, 6.45) is 2.24. The van der Waals surface area contributed by atoms with Crippen LogP contribution in [0.15, 0.2) is 18.2 Å². The third-order valence-electron chi connectivity index (χ3n) is 6.68. The summed E-state index contributed by atoms with van der Waals surface area (Å²) in [5, 5.41) is 0. The number of carbonyl (C=O) groups excluding carboxylic acids is 1. The number of nitrogens with zero attached hydrogens (tertiary/aromatic N) is 6. The molecule has 0 unspecified atom stereocenters. The number of hydrogen-bond acceptors (Lipinski definition) is 6. The molecule has 1 aromatic heterocycles. The van der Waals surface area contributed by atoms with E-state index in [2.05, 4.69) is 59.2 Å². The van der Waals surface area contributed by atoms with Crippen LogP contribution in [0.5, 0.6) is 0 Å². The lowest BCUT2D eigenvalue weighted by atomic mass is 9.94. The van der Waals surface area contributed by atoms with E-state index in [1.165, 1.54) is 5.52 Å². The summed E-state index contributed by atoms with van der Waals surface area (Å²) < 4.78 is 12.6. The standard InChI is InChI=1S/C25H40N6O2S.C2H6/c1-25(2,3)23-26-21-17-20(7-8-22(21)31(23)18-19-9-15-33-16-10-19)28(6)34-30-13-11-29(12-14-30)24(32)27(4)5;1-2/h7-8,17,19H,9-16,18H2,1-6H3;1-2H3. The highest BCUT2D eigenvalue weighted by molar-refractivity contribution is 7.98. The third kappa shape index (κ3) is 6.86. The summed E-state index contributed by atoms with van der Waals surface area (Å²) in [4.78, 5) is 20.9. The summed E-state index contributed by atoms with van der Waals surface area (Å²) in [5.41, 5.74) is 3.40. The number of carbonyl (C=O) groups is 1. The highest BCUT2D eigenvalue weighted by Gasteiger charge is 2.27. The summed E-state index contributed by atoms with van der Waals surface area (Å²) in [5.74, 6) is 1.80. The van der Waals surface area contributed by atoms with Gasteiger partial charge in [-0.3, -0.25) is 0 Å². The van der Waals surface area contributed by atoms with Crippen molar-refractivity contribution in [3.05, 3.63) is 24.0 Å². The van der Waals surface area contributed by atoms with Crippen LogP contribution >= 0.6 is 12.1 Å². The summed E-state index contributed by atoms with van der Waals surface area (Å²) >= 11 is 1.72. The Morgan fingerprint density at radius 1 is 1.08 bits per heavy atom. The van der Waals surface area contributed by atoms with Crippen molar-refractivity contribution in [3.63, 3.8) is 0 Å². The minimum atomic E-state index is -0.0192. The predicted molar refractivity (Wildman–Crippen MR) is 152 cm³/mol. The van der Waals surface area contributed by atoms with Crippen molar-refractivity contribution in [1.82, 2.24) is 23.7 Å². The van der Waals surface area contributed by atoms with Gasteiger partial charge in [-0.25, -0.2) is 14.1 Å². The Bertz CT molecular complexity index is 988. The minimum Gasteiger partial charge on any atom is -0.381 e. The van der Waals surface area contributed by atoms with E-state index in [9.17, 15) is 4.79 Å². The third-order valence-corrected chi connectivity index (χ3v) is 7.73. The summed E-state index contributed by atoms with van der Waals surface area (Å²) in [6.45, 7) is 16.7. The van der Waals surface area contributed by atoms with E-state index >= 15 is 0 Å². The Balaban J connectivity index is 0.00000176. The number of hydrogen-bond donors (Lipinski definition) is 0. The van der Waals surface area contributed by atoms with Gasteiger partial charge in [-0.2, -0.15) is 0 Å². The molecule has 2 aromatic rings. The maximum Gasteiger partial charge on any atom is 0.319 e. The SMILES string of the molecule is CC.CN(C)C(=O)N1CCN(SN(C)c2ccc3c(c2)nc(C(C)(C)C)n3CC2CCOCC2)CC1. The molecule has 0 N–H and O–H groups in total. The van der Waals surface area contributed by atoms with Gasteiger partial charge in [0.15, 0.2) is 0 Å². The van der Waals surface area contributed by atoms with E-state index in [1.54, 1.807) is 17.0 Å². The van der Waals surface area contributed by atoms with Gasteiger partial charge in [0.05, 0.1) is 16.7 Å². The van der Waals surface area contributed by atoms with Gasteiger partial charge < -0.3 is 23.4 Å². The van der Waals surface area contributed by atoms with Gasteiger partial charge in [0, 0.05) is 84.6 Å². The van der Waals surface area contributed by atoms with Crippen LogP contribution in [0.1, 0.15) is 53.3 Å². The molecule has 2 amide bonds. The van der Waals surface area contributed by atoms with Crippen LogP contribution in [0.3, 0.4) is 0 Å². The molecule has 3 heterocycles. The molecule has 2 aliphatic rings. The van der Waals surface area contributed by atoms with Crippen molar-refractivity contribution in [2.45, 2.75) is 59.4 Å². The predicted octanol–water partition coefficient (Wildman–Crippen LogP) is 5.09. The Labute approximate surface area is 222 Å². The number of fused-ring (bicyclic) bond motifs is 1. The lowest BCUT2D eigenvalue weighted by Crippen LogP contribution is -2.50. The van der Waals surface area contributed by atoms with Gasteiger partial charge in [-0.05, 0) is 37.0 Å². The Morgan fingerprint density at radius 3 is 2.31 bits per heavy atom. The van der Waals surface area contributed by atoms with Crippen LogP contribution in [0.4, 0.5) is 10.5 Å². The number of ether oxygens (including phenoxy) is 1. The number of amides is 2. The fraction of sp³-hybridized carbons (Fsp3) is 0.704. The number of aromatic nitrogens is 2. The van der Waals surface area contributed by atoms with Crippen LogP contribution in [-0.2, 0) is 16.7 Å². The summed E-state index contributed by atoms with van der Waals surface area (Å²) in [6, 6.07) is 6.74. The van der Waals surface area contributed by atoms with E-state index in [4.69, 9.17) is 9.72 Å². The second kappa shape index (κ2) is 12.5. The van der Waals surface area contributed by atoms with Gasteiger partial charge in [0.2, 0.25) is 0 Å². The zero-order chi connectivity index (χ0) is 26.5. The molecule has 0 bridgehead atoms. The molecular weight excluding hydrogens is 472 g/mol. The van der Waals surface area contributed by atoms with E-state index in [0.717, 1.165) is 75.8 Å². The van der Waals surface area contributed by atoms with E-state index in [0.29, 0.717) is 5.92 Å². The van der Waals surface area contributed by atoms with Gasteiger partial charge in [-0.1, -0.05) is 34.6 Å². The fourth-order valence-electron chi connectivity index (χ4n) is 4.72. The molecule has 0 saturated carbocycles. The van der Waals surface area contributed by atoms with Crippen LogP contribution < -0.4 is 4.31 Å². The van der Waals surface area contributed by atoms with Gasteiger partial charge in [0.25, 0.3) is 0 Å². The molecule has 4 rings (SSSR count). The number of anilines is 1. The zero-order valence-corrected chi connectivity index (χ0v) is 24.4. The molecule has 0 spiro atoms. The number of urea groups is 1. The van der Waals surface area contributed by atoms with Crippen molar-refractivity contribution in [2.24, 2.45) is 5.92 Å².